The Hall–Kier alpha value is -4.89. The smallest absolute Gasteiger partial charge is 0.221 e. The summed E-state index contributed by atoms with van der Waals surface area (Å²) in [5.74, 6) is 0.748. The van der Waals surface area contributed by atoms with Crippen LogP contribution in [0.15, 0.2) is 127 Å². The number of anilines is 3. The first-order valence-corrected chi connectivity index (χ1v) is 16.1. The van der Waals surface area contributed by atoms with E-state index in [4.69, 9.17) is 0 Å². The van der Waals surface area contributed by atoms with E-state index in [1.807, 2.05) is 0 Å². The molecule has 0 bridgehead atoms. The van der Waals surface area contributed by atoms with Crippen molar-refractivity contribution in [3.8, 4) is 0 Å². The Kier molecular flexibility index (Phi) is 7.63. The Labute approximate surface area is 268 Å². The molecule has 1 fully saturated rings. The first-order chi connectivity index (χ1) is 21.9. The van der Waals surface area contributed by atoms with Crippen molar-refractivity contribution >= 4 is 39.6 Å². The summed E-state index contributed by atoms with van der Waals surface area (Å²) in [5.41, 5.74) is 14.8. The zero-order chi connectivity index (χ0) is 31.1. The summed E-state index contributed by atoms with van der Waals surface area (Å²) in [7, 11) is 6.59. The lowest BCUT2D eigenvalue weighted by molar-refractivity contribution is -0.400. The second-order valence-corrected chi connectivity index (χ2v) is 12.8. The van der Waals surface area contributed by atoms with Crippen LogP contribution in [0.1, 0.15) is 47.6 Å². The molecule has 45 heavy (non-hydrogen) atoms. The van der Waals surface area contributed by atoms with Crippen LogP contribution < -0.4 is 9.80 Å². The molecule has 7 rings (SSSR count). The number of fused-ring (bicyclic) bond motifs is 1. The van der Waals surface area contributed by atoms with E-state index in [-0.39, 0.29) is 0 Å². The van der Waals surface area contributed by atoms with Gasteiger partial charge in [0.05, 0.1) is 11.1 Å². The van der Waals surface area contributed by atoms with Crippen molar-refractivity contribution in [3.05, 3.63) is 155 Å². The van der Waals surface area contributed by atoms with Crippen molar-refractivity contribution in [2.45, 2.75) is 32.7 Å². The highest BCUT2D eigenvalue weighted by atomic mass is 15.1. The molecule has 3 nitrogen and oxygen atoms in total. The third-order valence-electron chi connectivity index (χ3n) is 10.0. The second kappa shape index (κ2) is 11.9. The van der Waals surface area contributed by atoms with Gasteiger partial charge in [0, 0.05) is 54.4 Å². The van der Waals surface area contributed by atoms with Crippen molar-refractivity contribution in [1.82, 2.24) is 0 Å². The molecule has 2 atom stereocenters. The molecule has 0 N–H and O–H groups in total. The molecule has 2 aliphatic rings. The van der Waals surface area contributed by atoms with E-state index in [0.717, 1.165) is 11.6 Å². The predicted octanol–water partition coefficient (Wildman–Crippen LogP) is 9.73. The lowest BCUT2D eigenvalue weighted by atomic mass is 9.80. The van der Waals surface area contributed by atoms with Crippen LogP contribution in [-0.2, 0) is 0 Å². The van der Waals surface area contributed by atoms with Crippen LogP contribution >= 0.6 is 0 Å². The van der Waals surface area contributed by atoms with Crippen molar-refractivity contribution in [3.63, 3.8) is 0 Å². The first-order valence-electron chi connectivity index (χ1n) is 16.1. The topological polar surface area (TPSA) is 9.49 Å². The van der Waals surface area contributed by atoms with Crippen LogP contribution in [0.3, 0.4) is 0 Å². The molecule has 224 valence electrons. The minimum Gasteiger partial charge on any atom is -0.371 e. The molecule has 5 aromatic rings. The largest absolute Gasteiger partial charge is 0.371 e. The van der Waals surface area contributed by atoms with E-state index in [1.165, 1.54) is 74.6 Å². The van der Waals surface area contributed by atoms with E-state index in [1.54, 1.807) is 0 Å². The summed E-state index contributed by atoms with van der Waals surface area (Å²) in [6.45, 7) is 4.50. The molecule has 5 aromatic carbocycles. The van der Waals surface area contributed by atoms with Crippen molar-refractivity contribution in [2.24, 2.45) is 5.92 Å². The maximum atomic E-state index is 2.47. The number of allylic oxidation sites excluding steroid dienone is 1. The van der Waals surface area contributed by atoms with Gasteiger partial charge in [-0.2, -0.15) is 4.58 Å². The minimum atomic E-state index is 0.625. The lowest BCUT2D eigenvalue weighted by Crippen LogP contribution is -2.43. The molecule has 1 saturated carbocycles. The molecule has 1 aliphatic heterocycles. The van der Waals surface area contributed by atoms with Gasteiger partial charge in [-0.05, 0) is 91.4 Å². The number of benzene rings is 5. The summed E-state index contributed by atoms with van der Waals surface area (Å²) in [4.78, 5) is 4.73. The molecule has 0 saturated heterocycles. The number of hydrogen-bond acceptors (Lipinski definition) is 2. The Morgan fingerprint density at radius 1 is 0.644 bits per heavy atom. The van der Waals surface area contributed by atoms with Crippen LogP contribution in [0, 0.1) is 12.8 Å². The Morgan fingerprint density at radius 3 is 1.78 bits per heavy atom. The fourth-order valence-corrected chi connectivity index (χ4v) is 7.08. The molecule has 1 aliphatic carbocycles. The fraction of sp³-hybridized carbons (Fsp3) is 0.214. The van der Waals surface area contributed by atoms with Gasteiger partial charge in [0.1, 0.15) is 7.05 Å². The zero-order valence-corrected chi connectivity index (χ0v) is 27.0. The molecule has 3 heteroatoms. The SMILES string of the molecule is Cc1ccc(N(C)c2ccc(C(=C3C(c4ccccc4)=[N+](C)c4ccccc43)c3ccc(N(C)C4CC[C@@H]4C)cc3)cc2)cc1. The van der Waals surface area contributed by atoms with Crippen LogP contribution in [-0.4, -0.2) is 37.5 Å². The first kappa shape index (κ1) is 28.9. The summed E-state index contributed by atoms with van der Waals surface area (Å²) >= 11 is 0. The van der Waals surface area contributed by atoms with Crippen molar-refractivity contribution in [2.75, 3.05) is 30.9 Å². The van der Waals surface area contributed by atoms with E-state index < -0.39 is 0 Å². The highest BCUT2D eigenvalue weighted by Gasteiger charge is 2.36. The highest BCUT2D eigenvalue weighted by molar-refractivity contribution is 6.38. The van der Waals surface area contributed by atoms with Crippen LogP contribution in [0.2, 0.25) is 0 Å². The van der Waals surface area contributed by atoms with Gasteiger partial charge in [-0.15, -0.1) is 0 Å². The van der Waals surface area contributed by atoms with Gasteiger partial charge >= 0.3 is 0 Å². The number of nitrogens with zero attached hydrogens (tertiary/aromatic N) is 3. The summed E-state index contributed by atoms with van der Waals surface area (Å²) in [5, 5.41) is 0. The molecular formula is C42H42N3+. The summed E-state index contributed by atoms with van der Waals surface area (Å²) < 4.78 is 2.36. The molecule has 1 unspecified atom stereocenters. The number of hydrogen-bond donors (Lipinski definition) is 0. The third kappa shape index (κ3) is 5.27. The van der Waals surface area contributed by atoms with Gasteiger partial charge < -0.3 is 9.80 Å². The maximum Gasteiger partial charge on any atom is 0.221 e. The van der Waals surface area contributed by atoms with Crippen LogP contribution in [0.5, 0.6) is 0 Å². The Morgan fingerprint density at radius 2 is 1.20 bits per heavy atom. The monoisotopic (exact) mass is 588 g/mol. The fourth-order valence-electron chi connectivity index (χ4n) is 7.08. The van der Waals surface area contributed by atoms with E-state index in [2.05, 4.69) is 177 Å². The lowest BCUT2D eigenvalue weighted by Gasteiger charge is -2.42. The van der Waals surface area contributed by atoms with E-state index in [9.17, 15) is 0 Å². The van der Waals surface area contributed by atoms with Crippen LogP contribution in [0.4, 0.5) is 22.7 Å². The van der Waals surface area contributed by atoms with Gasteiger partial charge in [-0.3, -0.25) is 0 Å². The quantitative estimate of drug-likeness (QED) is 0.175. The van der Waals surface area contributed by atoms with Gasteiger partial charge in [0.2, 0.25) is 11.4 Å². The Bertz CT molecular complexity index is 1880. The van der Waals surface area contributed by atoms with E-state index in [0.29, 0.717) is 6.04 Å². The summed E-state index contributed by atoms with van der Waals surface area (Å²) in [6.07, 6.45) is 2.60. The minimum absolute atomic E-state index is 0.625. The number of aryl methyl sites for hydroxylation is 1. The van der Waals surface area contributed by atoms with Crippen molar-refractivity contribution in [1.29, 1.82) is 0 Å². The van der Waals surface area contributed by atoms with Gasteiger partial charge in [-0.1, -0.05) is 79.2 Å². The molecule has 1 heterocycles. The normalized spacial score (nSPS) is 18.3. The maximum absolute atomic E-state index is 2.47. The third-order valence-corrected chi connectivity index (χ3v) is 10.0. The number of rotatable bonds is 7. The molecule has 0 aromatic heterocycles. The average molecular weight is 589 g/mol. The standard InChI is InChI=1S/C42H42N3/c1-29-15-22-34(23-16-29)43(3)35-24-18-31(19-25-35)40(32-20-26-36(27-21-32)44(4)38-28-17-30(38)2)41-37-13-9-10-14-39(37)45(5)42(41)33-11-7-6-8-12-33/h6-16,18-27,30,38H,17,28H2,1-5H3/q+1/t30-,38?/m0/s1. The van der Waals surface area contributed by atoms with E-state index >= 15 is 0 Å². The zero-order valence-electron chi connectivity index (χ0n) is 27.0. The van der Waals surface area contributed by atoms with Crippen LogP contribution in [0.25, 0.3) is 11.1 Å². The van der Waals surface area contributed by atoms with Crippen molar-refractivity contribution < 1.29 is 4.58 Å². The Balaban J connectivity index is 1.39. The molecule has 0 radical (unpaired) electrons. The van der Waals surface area contributed by atoms with Gasteiger partial charge in [0.25, 0.3) is 0 Å². The summed E-state index contributed by atoms with van der Waals surface area (Å²) in [6, 6.07) is 47.4. The molecule has 0 amide bonds. The molecule has 0 spiro atoms. The number of para-hydroxylation sites is 1. The van der Waals surface area contributed by atoms with Gasteiger partial charge in [-0.25, -0.2) is 0 Å². The molecular weight excluding hydrogens is 546 g/mol. The predicted molar refractivity (Wildman–Crippen MR) is 191 cm³/mol. The van der Waals surface area contributed by atoms with Gasteiger partial charge in [0.15, 0.2) is 0 Å². The average Bonchev–Trinajstić information content (AvgIpc) is 3.36. The second-order valence-electron chi connectivity index (χ2n) is 12.8. The highest BCUT2D eigenvalue weighted by Crippen LogP contribution is 2.43.